The van der Waals surface area contributed by atoms with Gasteiger partial charge in [0, 0.05) is 11.3 Å². The summed E-state index contributed by atoms with van der Waals surface area (Å²) in [5, 5.41) is 6.50. The molecule has 2 heterocycles. The number of nitrogens with one attached hydrogen (secondary N) is 2. The molecule has 11 heteroatoms. The molecule has 1 unspecified atom stereocenters. The summed E-state index contributed by atoms with van der Waals surface area (Å²) >= 11 is 11.9. The van der Waals surface area contributed by atoms with Crippen LogP contribution in [0, 0.1) is 0 Å². The first-order chi connectivity index (χ1) is 14.3. The predicted octanol–water partition coefficient (Wildman–Crippen LogP) is 2.96. The summed E-state index contributed by atoms with van der Waals surface area (Å²) in [6.45, 7) is 1.43. The minimum Gasteiger partial charge on any atom is -0.324 e. The monoisotopic (exact) mass is 446 g/mol. The highest BCUT2D eigenvalue weighted by molar-refractivity contribution is 6.43. The lowest BCUT2D eigenvalue weighted by molar-refractivity contribution is -0.119. The van der Waals surface area contributed by atoms with Crippen molar-refractivity contribution in [2.24, 2.45) is 0 Å². The molecule has 2 N–H and O–H groups in total. The molecule has 1 aromatic heterocycles. The van der Waals surface area contributed by atoms with E-state index in [9.17, 15) is 19.2 Å². The number of aromatic nitrogens is 2. The normalized spacial score (nSPS) is 14.0. The van der Waals surface area contributed by atoms with E-state index < -0.39 is 29.5 Å². The molecule has 0 radical (unpaired) electrons. The average molecular weight is 447 g/mol. The molecule has 1 aliphatic rings. The van der Waals surface area contributed by atoms with Gasteiger partial charge in [0.05, 0.1) is 21.2 Å². The average Bonchev–Trinajstić information content (AvgIpc) is 3.24. The van der Waals surface area contributed by atoms with Gasteiger partial charge in [-0.2, -0.15) is 0 Å². The van der Waals surface area contributed by atoms with E-state index >= 15 is 0 Å². The highest BCUT2D eigenvalue weighted by Crippen LogP contribution is 2.32. The van der Waals surface area contributed by atoms with E-state index in [0.29, 0.717) is 11.3 Å². The van der Waals surface area contributed by atoms with Crippen molar-refractivity contribution in [3.05, 3.63) is 68.1 Å². The molecule has 152 valence electrons. The van der Waals surface area contributed by atoms with Gasteiger partial charge in [-0.3, -0.25) is 28.8 Å². The molecule has 0 spiro atoms. The van der Waals surface area contributed by atoms with E-state index in [-0.39, 0.29) is 27.0 Å². The topological polar surface area (TPSA) is 125 Å². The number of hydrogen-bond donors (Lipinski definition) is 2. The third-order valence-electron chi connectivity index (χ3n) is 4.57. The number of imide groups is 1. The molecular weight excluding hydrogens is 435 g/mol. The van der Waals surface area contributed by atoms with Gasteiger partial charge in [-0.05, 0) is 31.2 Å². The minimum atomic E-state index is -1.11. The number of fused-ring (bicyclic) bond motifs is 1. The van der Waals surface area contributed by atoms with Gasteiger partial charge in [0.15, 0.2) is 5.82 Å². The van der Waals surface area contributed by atoms with Crippen LogP contribution in [-0.4, -0.2) is 38.8 Å². The smallest absolute Gasteiger partial charge is 0.324 e. The number of halogens is 2. The Bertz CT molecular complexity index is 1220. The van der Waals surface area contributed by atoms with Crippen molar-refractivity contribution < 1.29 is 18.9 Å². The molecule has 0 saturated heterocycles. The molecular formula is C19H12Cl2N4O5. The SMILES string of the molecule is CC(C(=O)Nc1cccc(-c2noc(=O)[nH]2)c1)N1C(=O)c2cc(Cl)c(Cl)cc2C1=O. The first-order valence-electron chi connectivity index (χ1n) is 8.60. The molecule has 0 aliphatic carbocycles. The van der Waals surface area contributed by atoms with Crippen LogP contribution < -0.4 is 11.1 Å². The maximum absolute atomic E-state index is 12.7. The van der Waals surface area contributed by atoms with Crippen molar-refractivity contribution in [2.75, 3.05) is 5.32 Å². The first kappa shape index (κ1) is 19.9. The Morgan fingerprint density at radius 3 is 2.30 bits per heavy atom. The number of aromatic amines is 1. The quantitative estimate of drug-likeness (QED) is 0.593. The molecule has 0 fully saturated rings. The van der Waals surface area contributed by atoms with Crippen molar-refractivity contribution in [3.8, 4) is 11.4 Å². The van der Waals surface area contributed by atoms with Gasteiger partial charge >= 0.3 is 5.76 Å². The zero-order chi connectivity index (χ0) is 21.6. The number of carbonyl (C=O) groups is 3. The van der Waals surface area contributed by atoms with E-state index in [1.807, 2.05) is 0 Å². The Morgan fingerprint density at radius 1 is 1.10 bits per heavy atom. The fraction of sp³-hybridized carbons (Fsp3) is 0.105. The fourth-order valence-corrected chi connectivity index (χ4v) is 3.39. The molecule has 0 bridgehead atoms. The standard InChI is InChI=1S/C19H12Cl2N4O5/c1-8(25-17(27)11-6-13(20)14(21)7-12(11)18(25)28)16(26)22-10-4-2-3-9(5-10)15-23-19(29)30-24-15/h2-8H,1H3,(H,22,26)(H,23,24,29). The van der Waals surface area contributed by atoms with Gasteiger partial charge in [-0.1, -0.05) is 40.5 Å². The summed E-state index contributed by atoms with van der Waals surface area (Å²) in [5.74, 6) is -2.38. The van der Waals surface area contributed by atoms with Crippen LogP contribution in [-0.2, 0) is 4.79 Å². The molecule has 2 aromatic carbocycles. The van der Waals surface area contributed by atoms with Crippen LogP contribution in [0.1, 0.15) is 27.6 Å². The van der Waals surface area contributed by atoms with E-state index in [1.54, 1.807) is 24.3 Å². The zero-order valence-corrected chi connectivity index (χ0v) is 16.7. The maximum Gasteiger partial charge on any atom is 0.439 e. The van der Waals surface area contributed by atoms with Gasteiger partial charge < -0.3 is 5.32 Å². The van der Waals surface area contributed by atoms with Crippen molar-refractivity contribution >= 4 is 46.6 Å². The third kappa shape index (κ3) is 3.38. The number of anilines is 1. The maximum atomic E-state index is 12.7. The number of benzene rings is 2. The fourth-order valence-electron chi connectivity index (χ4n) is 3.07. The van der Waals surface area contributed by atoms with Crippen LogP contribution in [0.4, 0.5) is 5.69 Å². The number of rotatable bonds is 4. The van der Waals surface area contributed by atoms with Crippen molar-refractivity contribution in [3.63, 3.8) is 0 Å². The van der Waals surface area contributed by atoms with Crippen LogP contribution in [0.15, 0.2) is 45.7 Å². The molecule has 9 nitrogen and oxygen atoms in total. The van der Waals surface area contributed by atoms with Crippen LogP contribution in [0.2, 0.25) is 10.0 Å². The zero-order valence-electron chi connectivity index (χ0n) is 15.2. The lowest BCUT2D eigenvalue weighted by Gasteiger charge is -2.21. The second-order valence-corrected chi connectivity index (χ2v) is 7.30. The molecule has 30 heavy (non-hydrogen) atoms. The second-order valence-electron chi connectivity index (χ2n) is 6.48. The van der Waals surface area contributed by atoms with Crippen LogP contribution >= 0.6 is 23.2 Å². The van der Waals surface area contributed by atoms with Crippen molar-refractivity contribution in [1.82, 2.24) is 15.0 Å². The number of amides is 3. The number of hydrogen-bond acceptors (Lipinski definition) is 6. The lowest BCUT2D eigenvalue weighted by Crippen LogP contribution is -2.45. The molecule has 4 rings (SSSR count). The number of H-pyrrole nitrogens is 1. The van der Waals surface area contributed by atoms with Gasteiger partial charge in [0.25, 0.3) is 11.8 Å². The summed E-state index contributed by atoms with van der Waals surface area (Å²) in [4.78, 5) is 52.5. The Hall–Kier alpha value is -3.43. The second kappa shape index (κ2) is 7.43. The van der Waals surface area contributed by atoms with E-state index in [1.165, 1.54) is 19.1 Å². The molecule has 1 aliphatic heterocycles. The number of nitrogens with zero attached hydrogens (tertiary/aromatic N) is 2. The predicted molar refractivity (Wildman–Crippen MR) is 108 cm³/mol. The molecule has 1 atom stereocenters. The Balaban J connectivity index is 1.55. The van der Waals surface area contributed by atoms with Crippen molar-refractivity contribution in [2.45, 2.75) is 13.0 Å². The van der Waals surface area contributed by atoms with Crippen LogP contribution in [0.25, 0.3) is 11.4 Å². The van der Waals surface area contributed by atoms with Gasteiger partial charge in [0.2, 0.25) is 5.91 Å². The lowest BCUT2D eigenvalue weighted by atomic mass is 10.1. The summed E-state index contributed by atoms with van der Waals surface area (Å²) in [5.41, 5.74) is 1.05. The van der Waals surface area contributed by atoms with Crippen molar-refractivity contribution in [1.29, 1.82) is 0 Å². The van der Waals surface area contributed by atoms with Gasteiger partial charge in [0.1, 0.15) is 6.04 Å². The van der Waals surface area contributed by atoms with E-state index in [2.05, 4.69) is 20.0 Å². The molecule has 0 saturated carbocycles. The largest absolute Gasteiger partial charge is 0.439 e. The van der Waals surface area contributed by atoms with Crippen LogP contribution in [0.5, 0.6) is 0 Å². The minimum absolute atomic E-state index is 0.0889. The molecule has 3 aromatic rings. The Labute approximate surface area is 178 Å². The first-order valence-corrected chi connectivity index (χ1v) is 9.36. The molecule has 3 amide bonds. The van der Waals surface area contributed by atoms with Gasteiger partial charge in [-0.25, -0.2) is 4.79 Å². The summed E-state index contributed by atoms with van der Waals surface area (Å²) in [7, 11) is 0. The highest BCUT2D eigenvalue weighted by Gasteiger charge is 2.41. The third-order valence-corrected chi connectivity index (χ3v) is 5.29. The Kier molecular flexibility index (Phi) is 4.92. The van der Waals surface area contributed by atoms with E-state index in [4.69, 9.17) is 23.2 Å². The van der Waals surface area contributed by atoms with Crippen LogP contribution in [0.3, 0.4) is 0 Å². The summed E-state index contributed by atoms with van der Waals surface area (Å²) in [6.07, 6.45) is 0. The number of carbonyl (C=O) groups excluding carboxylic acids is 3. The van der Waals surface area contributed by atoms with Gasteiger partial charge in [-0.15, -0.1) is 0 Å². The summed E-state index contributed by atoms with van der Waals surface area (Å²) < 4.78 is 4.47. The Morgan fingerprint density at radius 2 is 1.73 bits per heavy atom. The summed E-state index contributed by atoms with van der Waals surface area (Å²) in [6, 6.07) is 7.97. The van der Waals surface area contributed by atoms with E-state index in [0.717, 1.165) is 4.90 Å². The highest BCUT2D eigenvalue weighted by atomic mass is 35.5.